The SMILES string of the molecule is Cl.Cl.NC1CCN(c2ccn[nH]2)C1=O. The fourth-order valence-electron chi connectivity index (χ4n) is 1.34. The highest BCUT2D eigenvalue weighted by Gasteiger charge is 2.29. The van der Waals surface area contributed by atoms with Crippen molar-refractivity contribution in [1.82, 2.24) is 10.2 Å². The maximum atomic E-state index is 11.4. The van der Waals surface area contributed by atoms with Crippen LogP contribution in [0.1, 0.15) is 6.42 Å². The predicted octanol–water partition coefficient (Wildman–Crippen LogP) is 0.317. The second-order valence-corrected chi connectivity index (χ2v) is 2.83. The summed E-state index contributed by atoms with van der Waals surface area (Å²) >= 11 is 0. The number of aromatic nitrogens is 2. The lowest BCUT2D eigenvalue weighted by Gasteiger charge is -2.12. The first kappa shape index (κ1) is 13.2. The minimum Gasteiger partial charge on any atom is -0.320 e. The number of aromatic amines is 1. The third-order valence-corrected chi connectivity index (χ3v) is 2.02. The zero-order valence-electron chi connectivity index (χ0n) is 7.34. The van der Waals surface area contributed by atoms with Crippen molar-refractivity contribution in [3.8, 4) is 0 Å². The van der Waals surface area contributed by atoms with Crippen LogP contribution in [0.15, 0.2) is 12.3 Å². The van der Waals surface area contributed by atoms with Gasteiger partial charge in [0, 0.05) is 12.6 Å². The average Bonchev–Trinajstić information content (AvgIpc) is 2.64. The normalized spacial score (nSPS) is 20.2. The maximum absolute atomic E-state index is 11.4. The average molecular weight is 239 g/mol. The van der Waals surface area contributed by atoms with Gasteiger partial charge >= 0.3 is 0 Å². The number of nitrogens with zero attached hydrogens (tertiary/aromatic N) is 2. The van der Waals surface area contributed by atoms with E-state index in [1.54, 1.807) is 17.2 Å². The first-order valence-electron chi connectivity index (χ1n) is 3.85. The van der Waals surface area contributed by atoms with Crippen molar-refractivity contribution in [2.45, 2.75) is 12.5 Å². The number of nitrogens with one attached hydrogen (secondary N) is 1. The van der Waals surface area contributed by atoms with Crippen LogP contribution < -0.4 is 10.6 Å². The lowest BCUT2D eigenvalue weighted by molar-refractivity contribution is -0.118. The minimum atomic E-state index is -0.340. The van der Waals surface area contributed by atoms with Gasteiger partial charge in [0.05, 0.1) is 12.2 Å². The van der Waals surface area contributed by atoms with Crippen LogP contribution in [0.25, 0.3) is 0 Å². The molecule has 1 aliphatic rings. The molecule has 80 valence electrons. The zero-order chi connectivity index (χ0) is 8.55. The molecule has 0 spiro atoms. The summed E-state index contributed by atoms with van der Waals surface area (Å²) in [6, 6.07) is 1.42. The fourth-order valence-corrected chi connectivity index (χ4v) is 1.34. The van der Waals surface area contributed by atoms with Gasteiger partial charge in [-0.05, 0) is 6.42 Å². The molecule has 0 aromatic carbocycles. The Morgan fingerprint density at radius 1 is 1.57 bits per heavy atom. The van der Waals surface area contributed by atoms with Gasteiger partial charge in [0.1, 0.15) is 5.82 Å². The highest BCUT2D eigenvalue weighted by molar-refractivity contribution is 5.98. The van der Waals surface area contributed by atoms with Crippen molar-refractivity contribution in [3.63, 3.8) is 0 Å². The fraction of sp³-hybridized carbons (Fsp3) is 0.429. The molecule has 1 amide bonds. The van der Waals surface area contributed by atoms with E-state index in [4.69, 9.17) is 5.73 Å². The number of nitrogens with two attached hydrogens (primary N) is 1. The Balaban J connectivity index is 0.000000845. The second kappa shape index (κ2) is 5.19. The van der Waals surface area contributed by atoms with Gasteiger partial charge in [0.2, 0.25) is 5.91 Å². The third-order valence-electron chi connectivity index (χ3n) is 2.02. The van der Waals surface area contributed by atoms with Crippen LogP contribution in [0, 0.1) is 0 Å². The highest BCUT2D eigenvalue weighted by Crippen LogP contribution is 2.16. The molecule has 0 bridgehead atoms. The van der Waals surface area contributed by atoms with Crippen LogP contribution in [-0.4, -0.2) is 28.7 Å². The molecule has 0 radical (unpaired) electrons. The Morgan fingerprint density at radius 3 is 2.71 bits per heavy atom. The van der Waals surface area contributed by atoms with E-state index >= 15 is 0 Å². The van der Waals surface area contributed by atoms with Crippen LogP contribution in [0.5, 0.6) is 0 Å². The minimum absolute atomic E-state index is 0. The molecule has 3 N–H and O–H groups in total. The Bertz CT molecular complexity index is 290. The van der Waals surface area contributed by atoms with E-state index in [1.165, 1.54) is 0 Å². The first-order chi connectivity index (χ1) is 5.79. The number of hydrogen-bond donors (Lipinski definition) is 2. The van der Waals surface area contributed by atoms with Crippen LogP contribution in [-0.2, 0) is 4.79 Å². The smallest absolute Gasteiger partial charge is 0.245 e. The summed E-state index contributed by atoms with van der Waals surface area (Å²) in [5.74, 6) is 0.701. The van der Waals surface area contributed by atoms with Crippen molar-refractivity contribution in [2.24, 2.45) is 5.73 Å². The zero-order valence-corrected chi connectivity index (χ0v) is 8.98. The monoisotopic (exact) mass is 238 g/mol. The number of rotatable bonds is 1. The van der Waals surface area contributed by atoms with Gasteiger partial charge in [0.25, 0.3) is 0 Å². The number of halogens is 2. The summed E-state index contributed by atoms with van der Waals surface area (Å²) in [7, 11) is 0. The van der Waals surface area contributed by atoms with Crippen LogP contribution in [0.4, 0.5) is 5.82 Å². The summed E-state index contributed by atoms with van der Waals surface area (Å²) in [5.41, 5.74) is 5.55. The summed E-state index contributed by atoms with van der Waals surface area (Å²) in [4.78, 5) is 13.0. The van der Waals surface area contributed by atoms with E-state index < -0.39 is 0 Å². The molecule has 1 saturated heterocycles. The van der Waals surface area contributed by atoms with E-state index in [9.17, 15) is 4.79 Å². The van der Waals surface area contributed by atoms with E-state index in [1.807, 2.05) is 0 Å². The number of carbonyl (C=O) groups excluding carboxylic acids is 1. The van der Waals surface area contributed by atoms with Crippen molar-refractivity contribution in [2.75, 3.05) is 11.4 Å². The molecular formula is C7H12Cl2N4O. The number of anilines is 1. The van der Waals surface area contributed by atoms with Gasteiger partial charge in [-0.25, -0.2) is 0 Å². The van der Waals surface area contributed by atoms with E-state index in [0.717, 1.165) is 12.2 Å². The molecule has 1 fully saturated rings. The molecule has 5 nitrogen and oxygen atoms in total. The molecule has 7 heteroatoms. The Hall–Kier alpha value is -0.780. The molecule has 1 aliphatic heterocycles. The topological polar surface area (TPSA) is 75.0 Å². The highest BCUT2D eigenvalue weighted by atomic mass is 35.5. The third kappa shape index (κ3) is 2.17. The van der Waals surface area contributed by atoms with Crippen molar-refractivity contribution in [1.29, 1.82) is 0 Å². The van der Waals surface area contributed by atoms with Crippen molar-refractivity contribution >= 4 is 36.5 Å². The second-order valence-electron chi connectivity index (χ2n) is 2.83. The summed E-state index contributed by atoms with van der Waals surface area (Å²) < 4.78 is 0. The van der Waals surface area contributed by atoms with Gasteiger partial charge in [-0.3, -0.25) is 14.8 Å². The summed E-state index contributed by atoms with van der Waals surface area (Å²) in [6.45, 7) is 0.683. The number of H-pyrrole nitrogens is 1. The Kier molecular flexibility index (Phi) is 4.90. The van der Waals surface area contributed by atoms with Gasteiger partial charge < -0.3 is 5.73 Å². The molecule has 2 heterocycles. The molecule has 14 heavy (non-hydrogen) atoms. The molecule has 1 aromatic rings. The van der Waals surface area contributed by atoms with E-state index in [0.29, 0.717) is 6.54 Å². The van der Waals surface area contributed by atoms with Crippen LogP contribution in [0.2, 0.25) is 0 Å². The molecule has 0 aliphatic carbocycles. The largest absolute Gasteiger partial charge is 0.320 e. The van der Waals surface area contributed by atoms with E-state index in [2.05, 4.69) is 10.2 Å². The summed E-state index contributed by atoms with van der Waals surface area (Å²) in [6.07, 6.45) is 2.34. The lowest BCUT2D eigenvalue weighted by atomic mass is 10.3. The lowest BCUT2D eigenvalue weighted by Crippen LogP contribution is -2.34. The molecule has 1 aromatic heterocycles. The van der Waals surface area contributed by atoms with E-state index in [-0.39, 0.29) is 36.8 Å². The molecule has 1 unspecified atom stereocenters. The first-order valence-corrected chi connectivity index (χ1v) is 3.85. The predicted molar refractivity (Wildman–Crippen MR) is 58.0 cm³/mol. The standard InChI is InChI=1S/C7H10N4O.2ClH/c8-5-2-4-11(7(5)12)6-1-3-9-10-6;;/h1,3,5H,2,4,8H2,(H,9,10);2*1H. The van der Waals surface area contributed by atoms with Gasteiger partial charge in [-0.2, -0.15) is 5.10 Å². The van der Waals surface area contributed by atoms with Crippen molar-refractivity contribution in [3.05, 3.63) is 12.3 Å². The van der Waals surface area contributed by atoms with Crippen LogP contribution in [0.3, 0.4) is 0 Å². The molecule has 2 rings (SSSR count). The van der Waals surface area contributed by atoms with Crippen LogP contribution >= 0.6 is 24.8 Å². The molecule has 0 saturated carbocycles. The van der Waals surface area contributed by atoms with Gasteiger partial charge in [0.15, 0.2) is 0 Å². The van der Waals surface area contributed by atoms with Crippen molar-refractivity contribution < 1.29 is 4.79 Å². The number of carbonyl (C=O) groups is 1. The Morgan fingerprint density at radius 2 is 2.29 bits per heavy atom. The quantitative estimate of drug-likeness (QED) is 0.740. The molecular weight excluding hydrogens is 227 g/mol. The maximum Gasteiger partial charge on any atom is 0.245 e. The van der Waals surface area contributed by atoms with Gasteiger partial charge in [-0.1, -0.05) is 0 Å². The number of hydrogen-bond acceptors (Lipinski definition) is 3. The number of amides is 1. The molecule has 1 atom stereocenters. The Labute approximate surface area is 93.9 Å². The summed E-state index contributed by atoms with van der Waals surface area (Å²) in [5, 5.41) is 6.50. The van der Waals surface area contributed by atoms with Gasteiger partial charge in [-0.15, -0.1) is 24.8 Å².